The van der Waals surface area contributed by atoms with Crippen molar-refractivity contribution in [3.05, 3.63) is 46.2 Å². The monoisotopic (exact) mass is 247 g/mol. The Morgan fingerprint density at radius 2 is 1.82 bits per heavy atom. The molecule has 0 unspecified atom stereocenters. The molecule has 0 aliphatic carbocycles. The summed E-state index contributed by atoms with van der Waals surface area (Å²) in [6.45, 7) is 6.57. The summed E-state index contributed by atoms with van der Waals surface area (Å²) in [7, 11) is 0. The van der Waals surface area contributed by atoms with Crippen LogP contribution >= 0.6 is 11.3 Å². The summed E-state index contributed by atoms with van der Waals surface area (Å²) in [6.07, 6.45) is 0. The lowest BCUT2D eigenvalue weighted by molar-refractivity contribution is 0.552. The third-order valence-electron chi connectivity index (χ3n) is 2.60. The van der Waals surface area contributed by atoms with Crippen molar-refractivity contribution in [3.8, 4) is 5.69 Å². The van der Waals surface area contributed by atoms with E-state index in [4.69, 9.17) is 5.84 Å². The molecule has 1 heterocycles. The molecule has 1 aromatic carbocycles. The largest absolute Gasteiger partial charge is 0.320 e. The molecule has 2 N–H and O–H groups in total. The number of nitrogens with zero attached hydrogens (tertiary/aromatic N) is 2. The quantitative estimate of drug-likeness (QED) is 0.611. The first kappa shape index (κ1) is 11.9. The molecule has 0 spiro atoms. The fourth-order valence-electron chi connectivity index (χ4n) is 1.74. The van der Waals surface area contributed by atoms with Crippen LogP contribution in [0.5, 0.6) is 0 Å². The van der Waals surface area contributed by atoms with Crippen molar-refractivity contribution in [3.63, 3.8) is 0 Å². The van der Waals surface area contributed by atoms with Crippen LogP contribution in [-0.4, -0.2) is 4.57 Å². The maximum Gasteiger partial charge on any atom is 0.212 e. The van der Waals surface area contributed by atoms with E-state index in [1.807, 2.05) is 18.2 Å². The van der Waals surface area contributed by atoms with Gasteiger partial charge >= 0.3 is 0 Å². The maximum absolute atomic E-state index is 5.46. The van der Waals surface area contributed by atoms with Gasteiger partial charge < -0.3 is 5.84 Å². The van der Waals surface area contributed by atoms with Crippen LogP contribution in [-0.2, 0) is 5.41 Å². The maximum atomic E-state index is 5.46. The first-order valence-corrected chi connectivity index (χ1v) is 6.42. The molecule has 0 saturated heterocycles. The topological polar surface area (TPSA) is 43.3 Å². The highest BCUT2D eigenvalue weighted by atomic mass is 32.1. The molecule has 2 rings (SSSR count). The van der Waals surface area contributed by atoms with Crippen LogP contribution in [0.15, 0.2) is 40.8 Å². The fraction of sp³-hybridized carbons (Fsp3) is 0.308. The Kier molecular flexibility index (Phi) is 3.07. The van der Waals surface area contributed by atoms with Gasteiger partial charge in [-0.15, -0.1) is 11.3 Å². The smallest absolute Gasteiger partial charge is 0.212 e. The molecule has 3 nitrogen and oxygen atoms in total. The Morgan fingerprint density at radius 3 is 2.35 bits per heavy atom. The van der Waals surface area contributed by atoms with Gasteiger partial charge in [0.05, 0.1) is 0 Å². The van der Waals surface area contributed by atoms with Gasteiger partial charge in [0.2, 0.25) is 4.80 Å². The minimum atomic E-state index is 0.0648. The standard InChI is InChI=1S/C13H17N3S/c1-13(2,3)11-9-17-12(15-14)16(11)10-7-5-4-6-8-10/h4-9H,14H2,1-3H3/b15-12-. The zero-order valence-corrected chi connectivity index (χ0v) is 11.2. The van der Waals surface area contributed by atoms with Crippen LogP contribution in [0.3, 0.4) is 0 Å². The van der Waals surface area contributed by atoms with Gasteiger partial charge in [-0.1, -0.05) is 39.0 Å². The summed E-state index contributed by atoms with van der Waals surface area (Å²) in [5.74, 6) is 5.46. The van der Waals surface area contributed by atoms with Crippen LogP contribution in [0, 0.1) is 0 Å². The number of rotatable bonds is 1. The number of benzene rings is 1. The van der Waals surface area contributed by atoms with Crippen LogP contribution in [0.4, 0.5) is 0 Å². The summed E-state index contributed by atoms with van der Waals surface area (Å²) in [5, 5.41) is 5.99. The van der Waals surface area contributed by atoms with E-state index in [1.54, 1.807) is 11.3 Å². The van der Waals surface area contributed by atoms with Gasteiger partial charge in [0, 0.05) is 22.2 Å². The van der Waals surface area contributed by atoms with Crippen LogP contribution in [0.1, 0.15) is 26.5 Å². The van der Waals surface area contributed by atoms with Crippen LogP contribution in [0.2, 0.25) is 0 Å². The van der Waals surface area contributed by atoms with Gasteiger partial charge in [-0.05, 0) is 12.1 Å². The first-order chi connectivity index (χ1) is 8.04. The van der Waals surface area contributed by atoms with Gasteiger partial charge in [-0.25, -0.2) is 0 Å². The number of aromatic nitrogens is 1. The number of hydrogen-bond donors (Lipinski definition) is 1. The lowest BCUT2D eigenvalue weighted by Gasteiger charge is -2.20. The van der Waals surface area contributed by atoms with E-state index >= 15 is 0 Å². The van der Waals surface area contributed by atoms with Gasteiger partial charge in [0.1, 0.15) is 0 Å². The average molecular weight is 247 g/mol. The zero-order chi connectivity index (χ0) is 12.5. The van der Waals surface area contributed by atoms with Crippen molar-refractivity contribution in [2.24, 2.45) is 10.9 Å². The third-order valence-corrected chi connectivity index (χ3v) is 3.44. The van der Waals surface area contributed by atoms with Gasteiger partial charge in [-0.3, -0.25) is 4.57 Å². The highest BCUT2D eigenvalue weighted by Crippen LogP contribution is 2.25. The molecule has 17 heavy (non-hydrogen) atoms. The molecule has 0 saturated carbocycles. The van der Waals surface area contributed by atoms with E-state index in [1.165, 1.54) is 5.69 Å². The van der Waals surface area contributed by atoms with Crippen molar-refractivity contribution in [1.29, 1.82) is 0 Å². The Balaban J connectivity index is 2.72. The normalized spacial score (nSPS) is 13.0. The Morgan fingerprint density at radius 1 is 1.18 bits per heavy atom. The number of hydrogen-bond acceptors (Lipinski definition) is 3. The van der Waals surface area contributed by atoms with E-state index in [0.29, 0.717) is 0 Å². The second-order valence-corrected chi connectivity index (χ2v) is 5.79. The third kappa shape index (κ3) is 2.26. The Hall–Kier alpha value is -1.55. The SMILES string of the molecule is CC(C)(C)c1cs/c(=N\N)n1-c1ccccc1. The molecule has 0 radical (unpaired) electrons. The van der Waals surface area contributed by atoms with E-state index in [0.717, 1.165) is 10.5 Å². The summed E-state index contributed by atoms with van der Waals surface area (Å²) >= 11 is 1.57. The molecule has 90 valence electrons. The molecule has 0 atom stereocenters. The van der Waals surface area contributed by atoms with Crippen molar-refractivity contribution in [1.82, 2.24) is 4.57 Å². The van der Waals surface area contributed by atoms with E-state index in [-0.39, 0.29) is 5.41 Å². The van der Waals surface area contributed by atoms with Gasteiger partial charge in [0.15, 0.2) is 0 Å². The minimum Gasteiger partial charge on any atom is -0.320 e. The molecular weight excluding hydrogens is 230 g/mol. The van der Waals surface area contributed by atoms with E-state index in [2.05, 4.69) is 48.0 Å². The molecule has 2 aromatic rings. The van der Waals surface area contributed by atoms with Gasteiger partial charge in [-0.2, -0.15) is 5.10 Å². The fourth-order valence-corrected chi connectivity index (χ4v) is 2.79. The Bertz CT molecular complexity index is 558. The second kappa shape index (κ2) is 4.37. The molecule has 0 amide bonds. The van der Waals surface area contributed by atoms with Crippen LogP contribution < -0.4 is 10.6 Å². The average Bonchev–Trinajstić information content (AvgIpc) is 2.73. The number of thiazole rings is 1. The number of nitrogens with two attached hydrogens (primary N) is 1. The molecule has 0 bridgehead atoms. The van der Waals surface area contributed by atoms with Crippen LogP contribution in [0.25, 0.3) is 5.69 Å². The summed E-state index contributed by atoms with van der Waals surface area (Å²) in [6, 6.07) is 10.2. The number of para-hydroxylation sites is 1. The van der Waals surface area contributed by atoms with E-state index < -0.39 is 0 Å². The Labute approximate surface area is 105 Å². The molecule has 1 aromatic heterocycles. The van der Waals surface area contributed by atoms with Crippen molar-refractivity contribution in [2.75, 3.05) is 0 Å². The second-order valence-electron chi connectivity index (χ2n) is 4.95. The lowest BCUT2D eigenvalue weighted by Crippen LogP contribution is -2.23. The van der Waals surface area contributed by atoms with Crippen molar-refractivity contribution >= 4 is 11.3 Å². The molecule has 0 fully saturated rings. The molecule has 0 aliphatic rings. The minimum absolute atomic E-state index is 0.0648. The first-order valence-electron chi connectivity index (χ1n) is 5.54. The predicted octanol–water partition coefficient (Wildman–Crippen LogP) is 2.61. The summed E-state index contributed by atoms with van der Waals surface area (Å²) in [5.41, 5.74) is 2.38. The highest BCUT2D eigenvalue weighted by Gasteiger charge is 2.20. The van der Waals surface area contributed by atoms with Crippen molar-refractivity contribution < 1.29 is 0 Å². The highest BCUT2D eigenvalue weighted by molar-refractivity contribution is 7.07. The predicted molar refractivity (Wildman–Crippen MR) is 72.1 cm³/mol. The zero-order valence-electron chi connectivity index (χ0n) is 10.3. The molecular formula is C13H17N3S. The van der Waals surface area contributed by atoms with Crippen molar-refractivity contribution in [2.45, 2.75) is 26.2 Å². The molecule has 0 aliphatic heterocycles. The summed E-state index contributed by atoms with van der Waals surface area (Å²) < 4.78 is 2.12. The van der Waals surface area contributed by atoms with Gasteiger partial charge in [0.25, 0.3) is 0 Å². The van der Waals surface area contributed by atoms with E-state index in [9.17, 15) is 0 Å². The molecule has 4 heteroatoms. The summed E-state index contributed by atoms with van der Waals surface area (Å²) in [4.78, 5) is 0.820. The lowest BCUT2D eigenvalue weighted by atomic mass is 9.93.